The lowest BCUT2D eigenvalue weighted by Gasteiger charge is -2.26. The van der Waals surface area contributed by atoms with E-state index in [2.05, 4.69) is 0 Å². The number of rotatable bonds is 11. The van der Waals surface area contributed by atoms with Crippen molar-refractivity contribution in [3.63, 3.8) is 0 Å². The minimum Gasteiger partial charge on any atom is -0.461 e. The minimum absolute atomic E-state index is 0.148. The summed E-state index contributed by atoms with van der Waals surface area (Å²) in [6, 6.07) is 8.16. The fraction of sp³-hybridized carbons (Fsp3) is 0.577. The van der Waals surface area contributed by atoms with Crippen molar-refractivity contribution in [2.75, 3.05) is 6.61 Å². The Kier molecular flexibility index (Phi) is 9.85. The first-order valence-electron chi connectivity index (χ1n) is 13.3. The molecule has 1 saturated heterocycles. The van der Waals surface area contributed by atoms with Crippen LogP contribution in [0, 0.1) is 0 Å². The predicted molar refractivity (Wildman–Crippen MR) is 140 cm³/mol. The van der Waals surface area contributed by atoms with Gasteiger partial charge in [0.05, 0.1) is 4.83 Å². The highest BCUT2D eigenvalue weighted by atomic mass is 31.1. The van der Waals surface area contributed by atoms with Crippen LogP contribution in [0.15, 0.2) is 52.2 Å². The normalized spacial score (nSPS) is 26.4. The Morgan fingerprint density at radius 2 is 1.95 bits per heavy atom. The lowest BCUT2D eigenvalue weighted by Crippen LogP contribution is -2.45. The number of ether oxygens (including phenoxy) is 2. The number of aromatic nitrogens is 2. The van der Waals surface area contributed by atoms with Gasteiger partial charge in [0.2, 0.25) is 0 Å². The number of esters is 1. The number of aliphatic hydroxyl groups is 1. The standard InChI is InChI=1S/C26H33FN3O9P/c1-3-19(23(33)37-17-10-6-4-7-11-17)30(40(35)39-18-12-8-5-9-13-18)36-16-20-22(32)26(2,27)24(38-20)29-15-14-21(31)28-25(29)34/h5,8-9,12-15,17,19-20,22,24,32H,3-4,6-7,10-11,16H2,1-2H3/p+1/t19?,20-,22-,24-,26-/m1/s1. The second-order valence-corrected chi connectivity index (χ2v) is 11.1. The van der Waals surface area contributed by atoms with Crippen molar-refractivity contribution < 1.29 is 37.7 Å². The van der Waals surface area contributed by atoms with E-state index in [4.69, 9.17) is 18.8 Å². The number of halogens is 1. The van der Waals surface area contributed by atoms with E-state index in [1.165, 1.54) is 0 Å². The molecule has 0 spiro atoms. The number of aliphatic hydroxyl groups excluding tert-OH is 1. The largest absolute Gasteiger partial charge is 0.693 e. The summed E-state index contributed by atoms with van der Waals surface area (Å²) in [7, 11) is -2.81. The first kappa shape index (κ1) is 30.0. The number of hydroxylamine groups is 1. The molecule has 1 aromatic heterocycles. The number of carbonyl (C=O) groups is 1. The number of H-pyrrole nitrogens is 1. The van der Waals surface area contributed by atoms with E-state index in [1.54, 1.807) is 37.3 Å². The highest BCUT2D eigenvalue weighted by Crippen LogP contribution is 2.42. The van der Waals surface area contributed by atoms with Crippen molar-refractivity contribution >= 4 is 14.1 Å². The Hall–Kier alpha value is -2.96. The van der Waals surface area contributed by atoms with Gasteiger partial charge >= 0.3 is 19.8 Å². The van der Waals surface area contributed by atoms with Crippen LogP contribution in [0.2, 0.25) is 0 Å². The molecule has 2 aromatic rings. The van der Waals surface area contributed by atoms with Crippen LogP contribution in [0.25, 0.3) is 0 Å². The summed E-state index contributed by atoms with van der Waals surface area (Å²) in [5.74, 6) is -0.381. The van der Waals surface area contributed by atoms with Crippen LogP contribution in [-0.4, -0.2) is 62.1 Å². The van der Waals surface area contributed by atoms with Gasteiger partial charge in [-0.3, -0.25) is 24.0 Å². The average Bonchev–Trinajstić information content (AvgIpc) is 3.15. The van der Waals surface area contributed by atoms with Crippen LogP contribution in [0.5, 0.6) is 5.75 Å². The molecule has 2 unspecified atom stereocenters. The van der Waals surface area contributed by atoms with Gasteiger partial charge in [-0.05, 0) is 51.2 Å². The Bertz CT molecular complexity index is 1280. The summed E-state index contributed by atoms with van der Waals surface area (Å²) in [5, 5.41) is 10.7. The van der Waals surface area contributed by atoms with Crippen LogP contribution < -0.4 is 15.8 Å². The zero-order chi connectivity index (χ0) is 28.9. The Balaban J connectivity index is 1.53. The number of nitrogens with zero attached hydrogens (tertiary/aromatic N) is 2. The number of nitrogens with one attached hydrogen (secondary N) is 1. The van der Waals surface area contributed by atoms with Crippen molar-refractivity contribution in [2.45, 2.75) is 88.6 Å². The van der Waals surface area contributed by atoms with Gasteiger partial charge in [0.1, 0.15) is 24.9 Å². The molecule has 1 aromatic carbocycles. The lowest BCUT2D eigenvalue weighted by molar-refractivity contribution is -0.187. The molecule has 40 heavy (non-hydrogen) atoms. The molecule has 0 radical (unpaired) electrons. The van der Waals surface area contributed by atoms with Crippen molar-refractivity contribution in [1.29, 1.82) is 0 Å². The molecule has 4 rings (SSSR count). The van der Waals surface area contributed by atoms with E-state index < -0.39 is 62.2 Å². The number of carbonyl (C=O) groups excluding carboxylic acids is 1. The molecule has 12 nitrogen and oxygen atoms in total. The maximum atomic E-state index is 15.6. The van der Waals surface area contributed by atoms with E-state index in [0.717, 1.165) is 60.7 Å². The molecule has 2 heterocycles. The van der Waals surface area contributed by atoms with Crippen LogP contribution in [0.1, 0.15) is 58.6 Å². The van der Waals surface area contributed by atoms with Crippen LogP contribution in [0.3, 0.4) is 0 Å². The van der Waals surface area contributed by atoms with E-state index in [0.29, 0.717) is 0 Å². The molecule has 0 bridgehead atoms. The molecule has 0 amide bonds. The molecule has 1 saturated carbocycles. The molecule has 6 atom stereocenters. The summed E-state index contributed by atoms with van der Waals surface area (Å²) in [6.45, 7) is 2.20. The van der Waals surface area contributed by atoms with Gasteiger partial charge in [0.25, 0.3) is 5.56 Å². The van der Waals surface area contributed by atoms with Gasteiger partial charge in [-0.25, -0.2) is 13.7 Å². The summed E-state index contributed by atoms with van der Waals surface area (Å²) in [5.41, 5.74) is -4.07. The van der Waals surface area contributed by atoms with Gasteiger partial charge in [-0.2, -0.15) is 0 Å². The number of aromatic amines is 1. The summed E-state index contributed by atoms with van der Waals surface area (Å²) in [6.07, 6.45) is 0.665. The SMILES string of the molecule is CCC(C(=O)OC1CCCCC1)N(OC[C@H]1O[C@@H](n2ccc(=O)[nH]c2=O)[C@](C)(F)[C@@H]1O)[P+](=O)Oc1ccccc1. The van der Waals surface area contributed by atoms with E-state index in [9.17, 15) is 24.1 Å². The Morgan fingerprint density at radius 1 is 1.25 bits per heavy atom. The number of hydrogen-bond acceptors (Lipinski definition) is 9. The molecular formula is C26H34FN3O9P+. The van der Waals surface area contributed by atoms with Gasteiger partial charge in [0.15, 0.2) is 23.7 Å². The molecule has 2 aliphatic rings. The van der Waals surface area contributed by atoms with Gasteiger partial charge in [-0.15, -0.1) is 0 Å². The number of alkyl halides is 1. The first-order chi connectivity index (χ1) is 19.1. The quantitative estimate of drug-likeness (QED) is 0.230. The molecule has 1 aliphatic heterocycles. The fourth-order valence-corrected chi connectivity index (χ4v) is 5.84. The third kappa shape index (κ3) is 6.84. The van der Waals surface area contributed by atoms with Gasteiger partial charge in [0, 0.05) is 16.8 Å². The monoisotopic (exact) mass is 582 g/mol. The van der Waals surface area contributed by atoms with Crippen molar-refractivity contribution in [3.8, 4) is 5.75 Å². The fourth-order valence-electron chi connectivity index (χ4n) is 4.81. The number of para-hydroxylation sites is 1. The number of hydrogen-bond donors (Lipinski definition) is 2. The summed E-state index contributed by atoms with van der Waals surface area (Å²) < 4.78 is 46.7. The molecule has 2 fully saturated rings. The van der Waals surface area contributed by atoms with Crippen molar-refractivity contribution in [1.82, 2.24) is 14.4 Å². The molecule has 14 heteroatoms. The van der Waals surface area contributed by atoms with Crippen molar-refractivity contribution in [2.24, 2.45) is 0 Å². The summed E-state index contributed by atoms with van der Waals surface area (Å²) >= 11 is 0. The van der Waals surface area contributed by atoms with E-state index in [-0.39, 0.29) is 18.3 Å². The van der Waals surface area contributed by atoms with Gasteiger partial charge < -0.3 is 14.6 Å². The van der Waals surface area contributed by atoms with Crippen LogP contribution in [0.4, 0.5) is 4.39 Å². The first-order valence-corrected chi connectivity index (χ1v) is 14.4. The van der Waals surface area contributed by atoms with E-state index >= 15 is 4.39 Å². The highest BCUT2D eigenvalue weighted by molar-refractivity contribution is 7.36. The zero-order valence-corrected chi connectivity index (χ0v) is 23.2. The average molecular weight is 583 g/mol. The van der Waals surface area contributed by atoms with Crippen LogP contribution >= 0.6 is 8.18 Å². The second-order valence-electron chi connectivity index (χ2n) is 10.0. The highest BCUT2D eigenvalue weighted by Gasteiger charge is 2.56. The smallest absolute Gasteiger partial charge is 0.461 e. The van der Waals surface area contributed by atoms with Gasteiger partial charge in [-0.1, -0.05) is 31.5 Å². The third-order valence-electron chi connectivity index (χ3n) is 7.04. The maximum Gasteiger partial charge on any atom is 0.693 e. The molecule has 218 valence electrons. The van der Waals surface area contributed by atoms with Crippen molar-refractivity contribution in [3.05, 3.63) is 63.4 Å². The predicted octanol–water partition coefficient (Wildman–Crippen LogP) is 3.15. The Morgan fingerprint density at radius 3 is 2.60 bits per heavy atom. The van der Waals surface area contributed by atoms with E-state index in [1.807, 2.05) is 4.98 Å². The number of benzene rings is 1. The molecular weight excluding hydrogens is 548 g/mol. The van der Waals surface area contributed by atoms with Crippen LogP contribution in [-0.2, 0) is 23.7 Å². The molecule has 2 N–H and O–H groups in total. The summed E-state index contributed by atoms with van der Waals surface area (Å²) in [4.78, 5) is 45.5. The maximum absolute atomic E-state index is 15.6. The topological polar surface area (TPSA) is 149 Å². The zero-order valence-electron chi connectivity index (χ0n) is 22.3. The third-order valence-corrected chi connectivity index (χ3v) is 8.12. The second kappa shape index (κ2) is 13.1. The minimum atomic E-state index is -2.81. The lowest BCUT2D eigenvalue weighted by atomic mass is 9.98. The Labute approximate surface area is 230 Å². The molecule has 1 aliphatic carbocycles.